The van der Waals surface area contributed by atoms with Crippen LogP contribution in [0.4, 0.5) is 0 Å². The highest BCUT2D eigenvalue weighted by atomic mass is 16.3. The number of nitrogens with zero attached hydrogens (tertiary/aromatic N) is 1. The minimum Gasteiger partial charge on any atom is -0.390 e. The van der Waals surface area contributed by atoms with E-state index in [1.165, 1.54) is 18.4 Å². The van der Waals surface area contributed by atoms with Crippen molar-refractivity contribution in [3.63, 3.8) is 0 Å². The van der Waals surface area contributed by atoms with Gasteiger partial charge in [-0.2, -0.15) is 0 Å². The first-order valence-electron chi connectivity index (χ1n) is 7.42. The van der Waals surface area contributed by atoms with Crippen molar-refractivity contribution >= 4 is 0 Å². The lowest BCUT2D eigenvalue weighted by molar-refractivity contribution is 0.121. The van der Waals surface area contributed by atoms with E-state index in [-0.39, 0.29) is 6.10 Å². The summed E-state index contributed by atoms with van der Waals surface area (Å²) in [6, 6.07) is 10.9. The molecule has 2 N–H and O–H groups in total. The molecule has 3 nitrogen and oxygen atoms in total. The molecule has 0 aromatic heterocycles. The van der Waals surface area contributed by atoms with E-state index in [0.29, 0.717) is 12.6 Å². The molecule has 0 bridgehead atoms. The van der Waals surface area contributed by atoms with Crippen LogP contribution in [0.5, 0.6) is 0 Å². The third-order valence-corrected chi connectivity index (χ3v) is 3.75. The van der Waals surface area contributed by atoms with Gasteiger partial charge in [-0.1, -0.05) is 30.3 Å². The lowest BCUT2D eigenvalue weighted by Gasteiger charge is -2.21. The summed E-state index contributed by atoms with van der Waals surface area (Å²) >= 11 is 0. The Morgan fingerprint density at radius 2 is 1.89 bits per heavy atom. The number of hydrogen-bond acceptors (Lipinski definition) is 3. The second-order valence-corrected chi connectivity index (χ2v) is 5.66. The van der Waals surface area contributed by atoms with Crippen molar-refractivity contribution < 1.29 is 5.11 Å². The molecule has 0 radical (unpaired) electrons. The molecule has 0 amide bonds. The van der Waals surface area contributed by atoms with Crippen LogP contribution in [0.3, 0.4) is 0 Å². The number of β-amino-alcohol motifs (C(OH)–C–C–N with tert-alkyl or cyclic N) is 1. The molecular weight excluding hydrogens is 236 g/mol. The summed E-state index contributed by atoms with van der Waals surface area (Å²) < 4.78 is 0. The lowest BCUT2D eigenvalue weighted by Crippen LogP contribution is -2.40. The standard InChI is InChI=1S/C16H26N2O/c1-14(11-15-7-3-2-4-8-15)17-12-16(19)13-18-9-5-6-10-18/h2-4,7-8,14,16-17,19H,5-6,9-13H2,1H3. The Morgan fingerprint density at radius 3 is 2.58 bits per heavy atom. The fourth-order valence-corrected chi connectivity index (χ4v) is 2.70. The quantitative estimate of drug-likeness (QED) is 0.784. The van der Waals surface area contributed by atoms with Gasteiger partial charge >= 0.3 is 0 Å². The number of aliphatic hydroxyl groups excluding tert-OH is 1. The van der Waals surface area contributed by atoms with Gasteiger partial charge in [0.1, 0.15) is 0 Å². The molecule has 1 aliphatic heterocycles. The Labute approximate surface area is 116 Å². The SMILES string of the molecule is CC(Cc1ccccc1)NCC(O)CN1CCCC1. The van der Waals surface area contributed by atoms with Crippen molar-refractivity contribution in [3.05, 3.63) is 35.9 Å². The molecule has 19 heavy (non-hydrogen) atoms. The molecule has 0 aliphatic carbocycles. The van der Waals surface area contributed by atoms with Gasteiger partial charge in [-0.05, 0) is 44.8 Å². The van der Waals surface area contributed by atoms with E-state index in [4.69, 9.17) is 0 Å². The Bertz CT molecular complexity index is 349. The van der Waals surface area contributed by atoms with Crippen LogP contribution in [0.2, 0.25) is 0 Å². The first-order chi connectivity index (χ1) is 9.24. The van der Waals surface area contributed by atoms with Gasteiger partial charge in [0.2, 0.25) is 0 Å². The van der Waals surface area contributed by atoms with Crippen LogP contribution >= 0.6 is 0 Å². The van der Waals surface area contributed by atoms with Crippen LogP contribution in [0.25, 0.3) is 0 Å². The van der Waals surface area contributed by atoms with Crippen LogP contribution < -0.4 is 5.32 Å². The Kier molecular flexibility index (Phi) is 5.83. The highest BCUT2D eigenvalue weighted by Crippen LogP contribution is 2.07. The molecular formula is C16H26N2O. The van der Waals surface area contributed by atoms with Gasteiger partial charge in [0, 0.05) is 19.1 Å². The maximum Gasteiger partial charge on any atom is 0.0791 e. The molecule has 0 spiro atoms. The highest BCUT2D eigenvalue weighted by Gasteiger charge is 2.16. The highest BCUT2D eigenvalue weighted by molar-refractivity contribution is 5.15. The number of likely N-dealkylation sites (tertiary alicyclic amines) is 1. The predicted molar refractivity (Wildman–Crippen MR) is 79.3 cm³/mol. The van der Waals surface area contributed by atoms with Crippen LogP contribution in [-0.4, -0.2) is 48.3 Å². The summed E-state index contributed by atoms with van der Waals surface area (Å²) in [4.78, 5) is 2.36. The average molecular weight is 262 g/mol. The normalized spacial score (nSPS) is 19.5. The second kappa shape index (κ2) is 7.63. The van der Waals surface area contributed by atoms with E-state index >= 15 is 0 Å². The molecule has 1 aromatic carbocycles. The first kappa shape index (κ1) is 14.5. The van der Waals surface area contributed by atoms with Gasteiger partial charge in [-0.3, -0.25) is 0 Å². The molecule has 1 aliphatic rings. The van der Waals surface area contributed by atoms with Gasteiger partial charge in [0.15, 0.2) is 0 Å². The van der Waals surface area contributed by atoms with Gasteiger partial charge in [-0.15, -0.1) is 0 Å². The third kappa shape index (κ3) is 5.31. The van der Waals surface area contributed by atoms with E-state index < -0.39 is 0 Å². The fourth-order valence-electron chi connectivity index (χ4n) is 2.70. The van der Waals surface area contributed by atoms with Crippen molar-refractivity contribution in [2.75, 3.05) is 26.2 Å². The molecule has 2 unspecified atom stereocenters. The van der Waals surface area contributed by atoms with Crippen LogP contribution in [0.15, 0.2) is 30.3 Å². The van der Waals surface area contributed by atoms with Crippen LogP contribution in [0, 0.1) is 0 Å². The monoisotopic (exact) mass is 262 g/mol. The van der Waals surface area contributed by atoms with Gasteiger partial charge < -0.3 is 15.3 Å². The topological polar surface area (TPSA) is 35.5 Å². The summed E-state index contributed by atoms with van der Waals surface area (Å²) in [5, 5.41) is 13.4. The lowest BCUT2D eigenvalue weighted by atomic mass is 10.1. The molecule has 1 heterocycles. The first-order valence-corrected chi connectivity index (χ1v) is 7.42. The zero-order chi connectivity index (χ0) is 13.5. The molecule has 1 fully saturated rings. The van der Waals surface area contributed by atoms with Crippen molar-refractivity contribution in [2.45, 2.75) is 38.3 Å². The smallest absolute Gasteiger partial charge is 0.0791 e. The third-order valence-electron chi connectivity index (χ3n) is 3.75. The van der Waals surface area contributed by atoms with E-state index in [1.807, 2.05) is 6.07 Å². The largest absolute Gasteiger partial charge is 0.390 e. The number of rotatable bonds is 7. The minimum atomic E-state index is -0.253. The summed E-state index contributed by atoms with van der Waals surface area (Å²) in [5.74, 6) is 0. The maximum atomic E-state index is 10.0. The molecule has 1 saturated heterocycles. The Morgan fingerprint density at radius 1 is 1.21 bits per heavy atom. The average Bonchev–Trinajstić information content (AvgIpc) is 2.90. The van der Waals surface area contributed by atoms with E-state index in [2.05, 4.69) is 41.4 Å². The molecule has 0 saturated carbocycles. The van der Waals surface area contributed by atoms with Crippen molar-refractivity contribution in [3.8, 4) is 0 Å². The zero-order valence-electron chi connectivity index (χ0n) is 11.9. The maximum absolute atomic E-state index is 10.0. The van der Waals surface area contributed by atoms with Crippen LogP contribution in [0.1, 0.15) is 25.3 Å². The minimum absolute atomic E-state index is 0.253. The van der Waals surface area contributed by atoms with Crippen molar-refractivity contribution in [1.29, 1.82) is 0 Å². The van der Waals surface area contributed by atoms with Gasteiger partial charge in [-0.25, -0.2) is 0 Å². The molecule has 3 heteroatoms. The number of aliphatic hydroxyl groups is 1. The van der Waals surface area contributed by atoms with Gasteiger partial charge in [0.05, 0.1) is 6.10 Å². The van der Waals surface area contributed by atoms with Crippen molar-refractivity contribution in [2.24, 2.45) is 0 Å². The Hall–Kier alpha value is -0.900. The van der Waals surface area contributed by atoms with E-state index in [9.17, 15) is 5.11 Å². The number of nitrogens with one attached hydrogen (secondary N) is 1. The van der Waals surface area contributed by atoms with Crippen LogP contribution in [-0.2, 0) is 6.42 Å². The summed E-state index contributed by atoms with van der Waals surface area (Å²) in [5.41, 5.74) is 1.34. The molecule has 2 rings (SSSR count). The van der Waals surface area contributed by atoms with Crippen molar-refractivity contribution in [1.82, 2.24) is 10.2 Å². The zero-order valence-corrected chi connectivity index (χ0v) is 11.9. The molecule has 1 aromatic rings. The van der Waals surface area contributed by atoms with E-state index in [1.54, 1.807) is 0 Å². The Balaban J connectivity index is 1.63. The fraction of sp³-hybridized carbons (Fsp3) is 0.625. The number of benzene rings is 1. The van der Waals surface area contributed by atoms with E-state index in [0.717, 1.165) is 26.1 Å². The summed E-state index contributed by atoms with van der Waals surface area (Å²) in [6.07, 6.45) is 3.32. The van der Waals surface area contributed by atoms with Gasteiger partial charge in [0.25, 0.3) is 0 Å². The second-order valence-electron chi connectivity index (χ2n) is 5.66. The summed E-state index contributed by atoms with van der Waals surface area (Å²) in [6.45, 7) is 5.97. The molecule has 2 atom stereocenters. The number of hydrogen-bond donors (Lipinski definition) is 2. The predicted octanol–water partition coefficient (Wildman–Crippen LogP) is 1.66. The molecule has 106 valence electrons. The summed E-state index contributed by atoms with van der Waals surface area (Å²) in [7, 11) is 0.